The summed E-state index contributed by atoms with van der Waals surface area (Å²) >= 11 is 5.74. The van der Waals surface area contributed by atoms with E-state index >= 15 is 0 Å². The van der Waals surface area contributed by atoms with Crippen LogP contribution >= 0.6 is 6.64 Å². The van der Waals surface area contributed by atoms with E-state index in [0.717, 1.165) is 0 Å². The number of esters is 1. The van der Waals surface area contributed by atoms with Gasteiger partial charge in [-0.2, -0.15) is 9.97 Å². The number of imidazole rings is 1. The molecule has 36 heavy (non-hydrogen) atoms. The molecule has 1 aliphatic heterocycles. The number of ether oxygens (including phenoxy) is 2. The number of hydrogen-bond donors (Lipinski definition) is 3. The molecule has 0 saturated carbocycles. The fourth-order valence-electron chi connectivity index (χ4n) is 4.02. The first-order valence-electron chi connectivity index (χ1n) is 11.4. The number of para-hydroxylation sites is 1. The maximum absolute atomic E-state index is 12.0. The van der Waals surface area contributed by atoms with Crippen LogP contribution in [0.5, 0.6) is 5.75 Å². The van der Waals surface area contributed by atoms with Gasteiger partial charge in [0.1, 0.15) is 18.0 Å². The summed E-state index contributed by atoms with van der Waals surface area (Å²) < 4.78 is 25.1. The van der Waals surface area contributed by atoms with Gasteiger partial charge < -0.3 is 29.6 Å². The molecule has 4 N–H and O–H groups in total. The third-order valence-electron chi connectivity index (χ3n) is 5.71. The molecule has 2 aromatic heterocycles. The molecule has 0 amide bonds. The molecule has 1 aromatic carbocycles. The van der Waals surface area contributed by atoms with Crippen LogP contribution in [0.15, 0.2) is 36.7 Å². The zero-order valence-corrected chi connectivity index (χ0v) is 22.2. The average Bonchev–Trinajstić information content (AvgIpc) is 3.44. The molecule has 0 bridgehead atoms. The third-order valence-corrected chi connectivity index (χ3v) is 8.21. The smallest absolute Gasteiger partial charge is 0.323 e. The van der Waals surface area contributed by atoms with Crippen molar-refractivity contribution in [1.29, 1.82) is 0 Å². The summed E-state index contributed by atoms with van der Waals surface area (Å²) in [6, 6.07) is 8.36. The second-order valence-electron chi connectivity index (χ2n) is 8.44. The standard InChI is InChI=1S/C22H30N7O5PS/c1-13-10-16(33-20(13)29-12-25-17-18(24-3)26-22(23)27-19(17)29)11-32-35(36,28-14(2)21(30)31-4)34-15-8-6-5-7-9-15/h5-9,12-14,16,20H,10-11H2,1-4H3,(H,28,36)(H3,23,24,26,27)/t13-,14-,16-,20+,35-/m0/s1. The van der Waals surface area contributed by atoms with Gasteiger partial charge in [0.25, 0.3) is 0 Å². The number of nitrogen functional groups attached to an aromatic ring is 1. The lowest BCUT2D eigenvalue weighted by atomic mass is 10.1. The Balaban J connectivity index is 1.49. The fraction of sp³-hybridized carbons (Fsp3) is 0.455. The highest BCUT2D eigenvalue weighted by Gasteiger charge is 2.37. The number of nitrogens with two attached hydrogens (primary N) is 1. The molecule has 4 rings (SSSR count). The summed E-state index contributed by atoms with van der Waals surface area (Å²) in [5.74, 6) is 0.881. The van der Waals surface area contributed by atoms with E-state index in [2.05, 4.69) is 32.3 Å². The van der Waals surface area contributed by atoms with E-state index in [4.69, 9.17) is 36.1 Å². The van der Waals surface area contributed by atoms with Crippen LogP contribution in [0.1, 0.15) is 26.5 Å². The number of carbonyl (C=O) groups is 1. The van der Waals surface area contributed by atoms with Crippen molar-refractivity contribution in [3.05, 3.63) is 36.7 Å². The van der Waals surface area contributed by atoms with Crippen LogP contribution in [0.4, 0.5) is 11.8 Å². The Morgan fingerprint density at radius 1 is 1.36 bits per heavy atom. The van der Waals surface area contributed by atoms with Gasteiger partial charge in [-0.15, -0.1) is 0 Å². The van der Waals surface area contributed by atoms with Crippen LogP contribution in [0.25, 0.3) is 11.2 Å². The molecule has 0 aliphatic carbocycles. The molecule has 12 nitrogen and oxygen atoms in total. The number of fused-ring (bicyclic) bond motifs is 1. The fourth-order valence-corrected chi connectivity index (χ4v) is 6.45. The minimum Gasteiger partial charge on any atom is -0.468 e. The summed E-state index contributed by atoms with van der Waals surface area (Å²) in [5, 5.41) is 6.00. The van der Waals surface area contributed by atoms with Crippen LogP contribution in [0, 0.1) is 5.92 Å². The van der Waals surface area contributed by atoms with E-state index < -0.39 is 18.7 Å². The Morgan fingerprint density at radius 2 is 2.11 bits per heavy atom. The topological polar surface area (TPSA) is 148 Å². The predicted molar refractivity (Wildman–Crippen MR) is 139 cm³/mol. The van der Waals surface area contributed by atoms with Crippen LogP contribution in [-0.2, 0) is 30.6 Å². The van der Waals surface area contributed by atoms with Crippen LogP contribution in [-0.4, -0.2) is 58.4 Å². The van der Waals surface area contributed by atoms with Gasteiger partial charge in [-0.05, 0) is 37.3 Å². The average molecular weight is 536 g/mol. The monoisotopic (exact) mass is 535 g/mol. The van der Waals surface area contributed by atoms with Gasteiger partial charge in [0.2, 0.25) is 5.95 Å². The molecular formula is C22H30N7O5PS. The van der Waals surface area contributed by atoms with E-state index in [0.29, 0.717) is 29.2 Å². The molecule has 0 radical (unpaired) electrons. The maximum Gasteiger partial charge on any atom is 0.323 e. The van der Waals surface area contributed by atoms with Crippen LogP contribution in [0.2, 0.25) is 0 Å². The van der Waals surface area contributed by atoms with Crippen molar-refractivity contribution in [3.8, 4) is 5.75 Å². The van der Waals surface area contributed by atoms with E-state index in [1.54, 1.807) is 32.4 Å². The molecule has 5 atom stereocenters. The summed E-state index contributed by atoms with van der Waals surface area (Å²) in [5.41, 5.74) is 7.08. The van der Waals surface area contributed by atoms with Gasteiger partial charge in [-0.25, -0.2) is 10.1 Å². The van der Waals surface area contributed by atoms with Crippen LogP contribution in [0.3, 0.4) is 0 Å². The largest absolute Gasteiger partial charge is 0.468 e. The second kappa shape index (κ2) is 11.1. The Kier molecular flexibility index (Phi) is 8.06. The number of anilines is 2. The van der Waals surface area contributed by atoms with Crippen molar-refractivity contribution in [3.63, 3.8) is 0 Å². The van der Waals surface area contributed by atoms with E-state index in [1.807, 2.05) is 22.8 Å². The Hall–Kier alpha value is -2.83. The lowest BCUT2D eigenvalue weighted by Crippen LogP contribution is -2.35. The first-order chi connectivity index (χ1) is 17.2. The van der Waals surface area contributed by atoms with Crippen molar-refractivity contribution in [2.24, 2.45) is 5.92 Å². The van der Waals surface area contributed by atoms with Crippen molar-refractivity contribution in [2.75, 3.05) is 31.8 Å². The number of rotatable bonds is 10. The Bertz CT molecular complexity index is 1260. The maximum atomic E-state index is 12.0. The Labute approximate surface area is 214 Å². The van der Waals surface area contributed by atoms with Crippen molar-refractivity contribution < 1.29 is 23.3 Å². The minimum absolute atomic E-state index is 0.125. The summed E-state index contributed by atoms with van der Waals surface area (Å²) in [6.45, 7) is 0.751. The van der Waals surface area contributed by atoms with E-state index in [9.17, 15) is 4.79 Å². The number of carbonyl (C=O) groups excluding carboxylic acids is 1. The zero-order chi connectivity index (χ0) is 25.9. The summed E-state index contributed by atoms with van der Waals surface area (Å²) in [6.07, 6.45) is 1.77. The predicted octanol–water partition coefficient (Wildman–Crippen LogP) is 2.85. The first kappa shape index (κ1) is 26.2. The molecule has 0 spiro atoms. The second-order valence-corrected chi connectivity index (χ2v) is 11.6. The first-order valence-corrected chi connectivity index (χ1v) is 14.0. The SMILES string of the molecule is CNc1nc(N)nc2c1ncn2[C@@H]1O[C@H](CO[P@@](=S)(N[C@@H](C)C(=O)OC)Oc2ccccc2)C[C@@H]1C. The van der Waals surface area contributed by atoms with Crippen molar-refractivity contribution in [2.45, 2.75) is 38.6 Å². The Morgan fingerprint density at radius 3 is 2.81 bits per heavy atom. The molecule has 14 heteroatoms. The minimum atomic E-state index is -3.13. The number of aromatic nitrogens is 4. The van der Waals surface area contributed by atoms with Crippen LogP contribution < -0.4 is 20.7 Å². The third kappa shape index (κ3) is 5.76. The van der Waals surface area contributed by atoms with Gasteiger partial charge in [0.05, 0.1) is 26.1 Å². The molecule has 1 fully saturated rings. The summed E-state index contributed by atoms with van der Waals surface area (Å²) in [4.78, 5) is 25.0. The zero-order valence-electron chi connectivity index (χ0n) is 20.5. The molecule has 1 aliphatic rings. The van der Waals surface area contributed by atoms with Crippen molar-refractivity contribution in [1.82, 2.24) is 24.6 Å². The quantitative estimate of drug-likeness (QED) is 0.259. The van der Waals surface area contributed by atoms with Gasteiger partial charge in [-0.3, -0.25) is 9.36 Å². The van der Waals surface area contributed by atoms with Gasteiger partial charge in [0, 0.05) is 13.0 Å². The highest BCUT2D eigenvalue weighted by molar-refractivity contribution is 8.09. The van der Waals surface area contributed by atoms with Gasteiger partial charge in [-0.1, -0.05) is 25.1 Å². The van der Waals surface area contributed by atoms with Crippen molar-refractivity contribution >= 4 is 47.3 Å². The highest BCUT2D eigenvalue weighted by Crippen LogP contribution is 2.47. The van der Waals surface area contributed by atoms with Gasteiger partial charge in [0.15, 0.2) is 17.0 Å². The number of methoxy groups -OCH3 is 1. The number of benzene rings is 1. The highest BCUT2D eigenvalue weighted by atomic mass is 32.5. The molecule has 1 saturated heterocycles. The molecule has 3 aromatic rings. The van der Waals surface area contributed by atoms with E-state index in [1.165, 1.54) is 7.11 Å². The molecule has 0 unspecified atom stereocenters. The lowest BCUT2D eigenvalue weighted by molar-refractivity contribution is -0.142. The molecule has 194 valence electrons. The molecular weight excluding hydrogens is 505 g/mol. The number of nitrogens with zero attached hydrogens (tertiary/aromatic N) is 4. The molecule has 3 heterocycles. The lowest BCUT2D eigenvalue weighted by Gasteiger charge is -2.27. The summed E-state index contributed by atoms with van der Waals surface area (Å²) in [7, 11) is 3.06. The number of nitrogens with one attached hydrogen (secondary N) is 2. The number of hydrogen-bond acceptors (Lipinski definition) is 11. The normalized spacial score (nSPS) is 22.2. The van der Waals surface area contributed by atoms with E-state index in [-0.39, 0.29) is 30.8 Å². The van der Waals surface area contributed by atoms with Gasteiger partial charge >= 0.3 is 12.6 Å².